The van der Waals surface area contributed by atoms with E-state index in [0.717, 1.165) is 12.3 Å². The summed E-state index contributed by atoms with van der Waals surface area (Å²) in [5.41, 5.74) is 1.17. The average Bonchev–Trinajstić information content (AvgIpc) is 2.68. The zero-order chi connectivity index (χ0) is 9.80. The lowest BCUT2D eigenvalue weighted by Crippen LogP contribution is -2.27. The van der Waals surface area contributed by atoms with Crippen LogP contribution in [0.15, 0.2) is 16.7 Å². The number of hydrogen-bond donors (Lipinski definition) is 1. The maximum absolute atomic E-state index is 5.51. The van der Waals surface area contributed by atoms with E-state index in [-0.39, 0.29) is 0 Å². The molecule has 0 aliphatic carbocycles. The molecule has 1 saturated heterocycles. The van der Waals surface area contributed by atoms with Gasteiger partial charge < -0.3 is 14.5 Å². The third kappa shape index (κ3) is 1.99. The van der Waals surface area contributed by atoms with Gasteiger partial charge in [-0.25, -0.2) is 0 Å². The predicted octanol–water partition coefficient (Wildman–Crippen LogP) is 2.24. The second-order valence-corrected chi connectivity index (χ2v) is 3.75. The molecule has 0 radical (unpaired) electrons. The highest BCUT2D eigenvalue weighted by molar-refractivity contribution is 5.19. The Kier molecular flexibility index (Phi) is 3.22. The van der Waals surface area contributed by atoms with E-state index in [0.29, 0.717) is 12.6 Å². The average molecular weight is 195 g/mol. The van der Waals surface area contributed by atoms with Crippen LogP contribution in [0.5, 0.6) is 0 Å². The van der Waals surface area contributed by atoms with Crippen molar-refractivity contribution in [2.45, 2.75) is 31.9 Å². The zero-order valence-corrected chi connectivity index (χ0v) is 8.58. The topological polar surface area (TPSA) is 34.4 Å². The first-order valence-electron chi connectivity index (χ1n) is 5.20. The molecule has 1 N–H and O–H groups in total. The van der Waals surface area contributed by atoms with Gasteiger partial charge in [-0.2, -0.15) is 0 Å². The van der Waals surface area contributed by atoms with Crippen molar-refractivity contribution < 1.29 is 9.15 Å². The molecule has 14 heavy (non-hydrogen) atoms. The van der Waals surface area contributed by atoms with Crippen molar-refractivity contribution in [1.29, 1.82) is 0 Å². The van der Waals surface area contributed by atoms with Crippen molar-refractivity contribution in [2.24, 2.45) is 0 Å². The second kappa shape index (κ2) is 4.62. The molecule has 1 fully saturated rings. The summed E-state index contributed by atoms with van der Waals surface area (Å²) in [4.78, 5) is 0. The van der Waals surface area contributed by atoms with Crippen molar-refractivity contribution in [1.82, 2.24) is 5.32 Å². The van der Waals surface area contributed by atoms with Crippen LogP contribution in [0.1, 0.15) is 36.6 Å². The van der Waals surface area contributed by atoms with Crippen molar-refractivity contribution in [3.63, 3.8) is 0 Å². The molecule has 1 aromatic heterocycles. The minimum absolute atomic E-state index is 0.392. The third-order valence-corrected chi connectivity index (χ3v) is 2.71. The fourth-order valence-corrected chi connectivity index (χ4v) is 2.00. The van der Waals surface area contributed by atoms with E-state index in [1.807, 2.05) is 6.07 Å². The summed E-state index contributed by atoms with van der Waals surface area (Å²) in [6, 6.07) is 2.39. The Balaban J connectivity index is 2.09. The number of ether oxygens (including phenoxy) is 1. The fraction of sp³-hybridized carbons (Fsp3) is 0.636. The van der Waals surface area contributed by atoms with Crippen molar-refractivity contribution in [2.75, 3.05) is 13.7 Å². The van der Waals surface area contributed by atoms with E-state index in [9.17, 15) is 0 Å². The van der Waals surface area contributed by atoms with Gasteiger partial charge >= 0.3 is 0 Å². The van der Waals surface area contributed by atoms with Gasteiger partial charge in [0.15, 0.2) is 0 Å². The highest BCUT2D eigenvalue weighted by Gasteiger charge is 2.20. The van der Waals surface area contributed by atoms with Gasteiger partial charge in [0.2, 0.25) is 0 Å². The molecule has 2 heterocycles. The largest absolute Gasteiger partial charge is 0.467 e. The Bertz CT molecular complexity index is 277. The fourth-order valence-electron chi connectivity index (χ4n) is 2.00. The minimum atomic E-state index is 0.392. The molecule has 3 heteroatoms. The molecule has 0 bridgehead atoms. The molecule has 1 unspecified atom stereocenters. The molecule has 0 spiro atoms. The summed E-state index contributed by atoms with van der Waals surface area (Å²) in [6.07, 6.45) is 5.48. The van der Waals surface area contributed by atoms with Gasteiger partial charge in [-0.3, -0.25) is 0 Å². The summed E-state index contributed by atoms with van der Waals surface area (Å²) >= 11 is 0. The van der Waals surface area contributed by atoms with Crippen LogP contribution in [-0.2, 0) is 11.3 Å². The molecular formula is C11H17NO2. The Morgan fingerprint density at radius 1 is 1.57 bits per heavy atom. The third-order valence-electron chi connectivity index (χ3n) is 2.71. The van der Waals surface area contributed by atoms with E-state index in [4.69, 9.17) is 9.15 Å². The first-order chi connectivity index (χ1) is 6.92. The van der Waals surface area contributed by atoms with Crippen LogP contribution in [0, 0.1) is 0 Å². The van der Waals surface area contributed by atoms with E-state index < -0.39 is 0 Å². The molecule has 2 rings (SSSR count). The van der Waals surface area contributed by atoms with E-state index in [1.165, 1.54) is 24.8 Å². The van der Waals surface area contributed by atoms with Gasteiger partial charge in [-0.15, -0.1) is 0 Å². The Hall–Kier alpha value is -0.800. The van der Waals surface area contributed by atoms with Crippen molar-refractivity contribution in [3.8, 4) is 0 Å². The first kappa shape index (κ1) is 9.74. The summed E-state index contributed by atoms with van der Waals surface area (Å²) < 4.78 is 10.6. The Morgan fingerprint density at radius 2 is 2.50 bits per heavy atom. The van der Waals surface area contributed by atoms with Crippen LogP contribution in [0.2, 0.25) is 0 Å². The van der Waals surface area contributed by atoms with Crippen LogP contribution in [0.25, 0.3) is 0 Å². The highest BCUT2D eigenvalue weighted by Crippen LogP contribution is 2.26. The summed E-state index contributed by atoms with van der Waals surface area (Å²) in [5.74, 6) is 1.06. The van der Waals surface area contributed by atoms with Gasteiger partial charge in [0.25, 0.3) is 0 Å². The predicted molar refractivity (Wildman–Crippen MR) is 54.0 cm³/mol. The number of hydrogen-bond acceptors (Lipinski definition) is 3. The Morgan fingerprint density at radius 3 is 3.21 bits per heavy atom. The lowest BCUT2D eigenvalue weighted by atomic mass is 10.0. The van der Waals surface area contributed by atoms with Crippen LogP contribution < -0.4 is 5.32 Å². The quantitative estimate of drug-likeness (QED) is 0.803. The first-order valence-corrected chi connectivity index (χ1v) is 5.20. The van der Waals surface area contributed by atoms with Gasteiger partial charge in [-0.05, 0) is 25.5 Å². The summed E-state index contributed by atoms with van der Waals surface area (Å²) in [6.45, 7) is 1.74. The maximum atomic E-state index is 5.51. The van der Waals surface area contributed by atoms with Gasteiger partial charge in [0.05, 0.1) is 18.9 Å². The number of methoxy groups -OCH3 is 1. The van der Waals surface area contributed by atoms with E-state index in [1.54, 1.807) is 13.4 Å². The van der Waals surface area contributed by atoms with E-state index in [2.05, 4.69) is 5.32 Å². The Labute approximate surface area is 84.4 Å². The number of nitrogens with one attached hydrogen (secondary N) is 1. The SMILES string of the molecule is COCc1ccoc1C1CCCCN1. The molecule has 78 valence electrons. The minimum Gasteiger partial charge on any atom is -0.467 e. The molecule has 1 atom stereocenters. The van der Waals surface area contributed by atoms with Gasteiger partial charge in [0, 0.05) is 12.7 Å². The van der Waals surface area contributed by atoms with Crippen LogP contribution >= 0.6 is 0 Å². The van der Waals surface area contributed by atoms with Crippen LogP contribution in [0.4, 0.5) is 0 Å². The normalized spacial score (nSPS) is 22.5. The van der Waals surface area contributed by atoms with Gasteiger partial charge in [0.1, 0.15) is 5.76 Å². The molecular weight excluding hydrogens is 178 g/mol. The number of piperidine rings is 1. The molecule has 3 nitrogen and oxygen atoms in total. The standard InChI is InChI=1S/C11H17NO2/c1-13-8-9-5-7-14-11(9)10-4-2-3-6-12-10/h5,7,10,12H,2-4,6,8H2,1H3. The molecule has 1 aromatic rings. The maximum Gasteiger partial charge on any atom is 0.126 e. The smallest absolute Gasteiger partial charge is 0.126 e. The second-order valence-electron chi connectivity index (χ2n) is 3.75. The molecule has 1 aliphatic rings. The zero-order valence-electron chi connectivity index (χ0n) is 8.58. The lowest BCUT2D eigenvalue weighted by Gasteiger charge is -2.22. The number of rotatable bonds is 3. The highest BCUT2D eigenvalue weighted by atomic mass is 16.5. The lowest BCUT2D eigenvalue weighted by molar-refractivity contribution is 0.181. The number of furan rings is 1. The van der Waals surface area contributed by atoms with Gasteiger partial charge in [-0.1, -0.05) is 6.42 Å². The van der Waals surface area contributed by atoms with Crippen LogP contribution in [0.3, 0.4) is 0 Å². The van der Waals surface area contributed by atoms with E-state index >= 15 is 0 Å². The van der Waals surface area contributed by atoms with Crippen molar-refractivity contribution >= 4 is 0 Å². The monoisotopic (exact) mass is 195 g/mol. The molecule has 0 aromatic carbocycles. The summed E-state index contributed by atoms with van der Waals surface area (Å²) in [7, 11) is 1.71. The molecule has 1 aliphatic heterocycles. The summed E-state index contributed by atoms with van der Waals surface area (Å²) in [5, 5.41) is 3.47. The van der Waals surface area contributed by atoms with Crippen molar-refractivity contribution in [3.05, 3.63) is 23.7 Å². The van der Waals surface area contributed by atoms with Crippen LogP contribution in [-0.4, -0.2) is 13.7 Å². The molecule has 0 amide bonds. The molecule has 0 saturated carbocycles.